The van der Waals surface area contributed by atoms with Crippen LogP contribution in [0.2, 0.25) is 0 Å². The lowest BCUT2D eigenvalue weighted by atomic mass is 9.91. The summed E-state index contributed by atoms with van der Waals surface area (Å²) in [6.45, 7) is 12.3. The number of hydrogen-bond donors (Lipinski definition) is 0. The molecule has 3 nitrogen and oxygen atoms in total. The minimum absolute atomic E-state index is 0.0749. The molecule has 0 aliphatic carbocycles. The topological polar surface area (TPSA) is 23.6 Å². The van der Waals surface area contributed by atoms with Gasteiger partial charge in [-0.05, 0) is 17.9 Å². The van der Waals surface area contributed by atoms with Crippen LogP contribution < -0.4 is 0 Å². The monoisotopic (exact) mass is 288 g/mol. The average Bonchev–Trinajstić information content (AvgIpc) is 2.46. The van der Waals surface area contributed by atoms with Crippen molar-refractivity contribution in [1.29, 1.82) is 0 Å². The van der Waals surface area contributed by atoms with Gasteiger partial charge in [-0.15, -0.1) is 0 Å². The zero-order chi connectivity index (χ0) is 15.5. The summed E-state index contributed by atoms with van der Waals surface area (Å²) in [5.41, 5.74) is 1.43. The van der Waals surface area contributed by atoms with Gasteiger partial charge in [0.1, 0.15) is 0 Å². The molecule has 2 rings (SSSR count). The molecular weight excluding hydrogens is 260 g/mol. The lowest BCUT2D eigenvalue weighted by Crippen LogP contribution is -2.49. The molecule has 116 valence electrons. The summed E-state index contributed by atoms with van der Waals surface area (Å²) >= 11 is 0. The summed E-state index contributed by atoms with van der Waals surface area (Å²) in [5, 5.41) is 0. The molecule has 1 fully saturated rings. The van der Waals surface area contributed by atoms with Crippen LogP contribution in [0.1, 0.15) is 45.7 Å². The summed E-state index contributed by atoms with van der Waals surface area (Å²) in [4.78, 5) is 16.8. The molecule has 1 unspecified atom stereocenters. The molecule has 0 saturated carbocycles. The van der Waals surface area contributed by atoms with E-state index >= 15 is 0 Å². The highest BCUT2D eigenvalue weighted by atomic mass is 16.2. The Hall–Kier alpha value is -1.35. The first-order valence-corrected chi connectivity index (χ1v) is 7.93. The van der Waals surface area contributed by atoms with E-state index in [1.54, 1.807) is 0 Å². The smallest absolute Gasteiger partial charge is 0.223 e. The van der Waals surface area contributed by atoms with Crippen LogP contribution in [0, 0.1) is 5.41 Å². The molecule has 1 aromatic carbocycles. The van der Waals surface area contributed by atoms with Gasteiger partial charge in [-0.25, -0.2) is 0 Å². The number of benzene rings is 1. The Morgan fingerprint density at radius 1 is 1.10 bits per heavy atom. The van der Waals surface area contributed by atoms with Gasteiger partial charge in [0.25, 0.3) is 0 Å². The highest BCUT2D eigenvalue weighted by Crippen LogP contribution is 2.23. The second-order valence-electron chi connectivity index (χ2n) is 7.24. The van der Waals surface area contributed by atoms with E-state index in [-0.39, 0.29) is 5.41 Å². The Labute approximate surface area is 128 Å². The van der Waals surface area contributed by atoms with E-state index in [2.05, 4.69) is 62.9 Å². The van der Waals surface area contributed by atoms with Crippen molar-refractivity contribution in [1.82, 2.24) is 9.80 Å². The van der Waals surface area contributed by atoms with Crippen LogP contribution >= 0.6 is 0 Å². The zero-order valence-corrected chi connectivity index (χ0v) is 13.8. The number of carbonyl (C=O) groups is 1. The summed E-state index contributed by atoms with van der Waals surface area (Å²) in [7, 11) is 0. The lowest BCUT2D eigenvalue weighted by Gasteiger charge is -2.39. The molecule has 21 heavy (non-hydrogen) atoms. The van der Waals surface area contributed by atoms with Crippen LogP contribution in [0.3, 0.4) is 0 Å². The maximum Gasteiger partial charge on any atom is 0.223 e. The third kappa shape index (κ3) is 4.57. The average molecular weight is 288 g/mol. The molecular formula is C18H28N2O. The number of hydrogen-bond acceptors (Lipinski definition) is 2. The Morgan fingerprint density at radius 3 is 2.19 bits per heavy atom. The van der Waals surface area contributed by atoms with E-state index in [1.165, 1.54) is 5.56 Å². The van der Waals surface area contributed by atoms with Crippen LogP contribution in [0.25, 0.3) is 0 Å². The molecule has 0 spiro atoms. The number of nitrogens with zero attached hydrogens (tertiary/aromatic N) is 2. The standard InChI is InChI=1S/C18H28N2O/c1-15(16-8-6-5-7-9-16)19-10-12-20(13-11-19)17(21)14-18(2,3)4/h5-9,15H,10-14H2,1-4H3. The van der Waals surface area contributed by atoms with Crippen LogP contribution in [0.4, 0.5) is 0 Å². The minimum Gasteiger partial charge on any atom is -0.340 e. The van der Waals surface area contributed by atoms with Crippen molar-refractivity contribution in [2.45, 2.75) is 40.2 Å². The summed E-state index contributed by atoms with van der Waals surface area (Å²) < 4.78 is 0. The normalized spacial score (nSPS) is 18.6. The molecule has 0 aromatic heterocycles. The minimum atomic E-state index is 0.0749. The molecule has 1 aliphatic rings. The third-order valence-electron chi connectivity index (χ3n) is 4.18. The van der Waals surface area contributed by atoms with Crippen molar-refractivity contribution in [3.05, 3.63) is 35.9 Å². The molecule has 0 radical (unpaired) electrons. The van der Waals surface area contributed by atoms with Crippen molar-refractivity contribution in [2.24, 2.45) is 5.41 Å². The molecule has 3 heteroatoms. The Kier molecular flexibility index (Phi) is 5.04. The van der Waals surface area contributed by atoms with Gasteiger partial charge >= 0.3 is 0 Å². The van der Waals surface area contributed by atoms with E-state index in [9.17, 15) is 4.79 Å². The van der Waals surface area contributed by atoms with Crippen molar-refractivity contribution >= 4 is 5.91 Å². The van der Waals surface area contributed by atoms with Gasteiger partial charge in [-0.3, -0.25) is 9.69 Å². The fraction of sp³-hybridized carbons (Fsp3) is 0.611. The summed E-state index contributed by atoms with van der Waals surface area (Å²) in [6.07, 6.45) is 0.640. The lowest BCUT2D eigenvalue weighted by molar-refractivity contribution is -0.135. The number of carbonyl (C=O) groups excluding carboxylic acids is 1. The molecule has 1 heterocycles. The van der Waals surface area contributed by atoms with E-state index in [4.69, 9.17) is 0 Å². The van der Waals surface area contributed by atoms with Crippen LogP contribution in [-0.4, -0.2) is 41.9 Å². The highest BCUT2D eigenvalue weighted by molar-refractivity contribution is 5.76. The van der Waals surface area contributed by atoms with Crippen molar-refractivity contribution in [2.75, 3.05) is 26.2 Å². The van der Waals surface area contributed by atoms with Crippen molar-refractivity contribution < 1.29 is 4.79 Å². The second kappa shape index (κ2) is 6.61. The van der Waals surface area contributed by atoms with Crippen LogP contribution in [0.15, 0.2) is 30.3 Å². The van der Waals surface area contributed by atoms with Crippen molar-refractivity contribution in [3.8, 4) is 0 Å². The molecule has 1 saturated heterocycles. The van der Waals surface area contributed by atoms with E-state index in [0.717, 1.165) is 26.2 Å². The first-order valence-electron chi connectivity index (χ1n) is 7.93. The summed E-state index contributed by atoms with van der Waals surface area (Å²) in [5.74, 6) is 0.300. The SMILES string of the molecule is CC(c1ccccc1)N1CCN(C(=O)CC(C)(C)C)CC1. The Bertz CT molecular complexity index is 456. The first-order chi connectivity index (χ1) is 9.87. The fourth-order valence-corrected chi connectivity index (χ4v) is 2.87. The van der Waals surface area contributed by atoms with Crippen LogP contribution in [0.5, 0.6) is 0 Å². The number of amides is 1. The van der Waals surface area contributed by atoms with E-state index in [1.807, 2.05) is 4.90 Å². The van der Waals surface area contributed by atoms with E-state index in [0.29, 0.717) is 18.4 Å². The maximum absolute atomic E-state index is 12.3. The first kappa shape index (κ1) is 16.0. The molecule has 1 atom stereocenters. The van der Waals surface area contributed by atoms with Gasteiger partial charge in [0.05, 0.1) is 0 Å². The Morgan fingerprint density at radius 2 is 1.67 bits per heavy atom. The Balaban J connectivity index is 1.87. The second-order valence-corrected chi connectivity index (χ2v) is 7.24. The largest absolute Gasteiger partial charge is 0.340 e. The quantitative estimate of drug-likeness (QED) is 0.852. The molecule has 0 N–H and O–H groups in total. The van der Waals surface area contributed by atoms with E-state index < -0.39 is 0 Å². The van der Waals surface area contributed by atoms with Gasteiger partial charge in [0.15, 0.2) is 0 Å². The molecule has 1 aliphatic heterocycles. The molecule has 0 bridgehead atoms. The third-order valence-corrected chi connectivity index (χ3v) is 4.18. The summed E-state index contributed by atoms with van der Waals surface area (Å²) in [6, 6.07) is 11.0. The predicted molar refractivity (Wildman–Crippen MR) is 87.1 cm³/mol. The van der Waals surface area contributed by atoms with Gasteiger partial charge in [0.2, 0.25) is 5.91 Å². The van der Waals surface area contributed by atoms with Gasteiger partial charge < -0.3 is 4.90 Å². The predicted octanol–water partition coefficient (Wildman–Crippen LogP) is 3.33. The number of piperazine rings is 1. The number of rotatable bonds is 3. The van der Waals surface area contributed by atoms with Gasteiger partial charge in [-0.1, -0.05) is 51.1 Å². The zero-order valence-electron chi connectivity index (χ0n) is 13.8. The van der Waals surface area contributed by atoms with Crippen molar-refractivity contribution in [3.63, 3.8) is 0 Å². The van der Waals surface area contributed by atoms with Crippen LogP contribution in [-0.2, 0) is 4.79 Å². The highest BCUT2D eigenvalue weighted by Gasteiger charge is 2.26. The fourth-order valence-electron chi connectivity index (χ4n) is 2.87. The van der Waals surface area contributed by atoms with Gasteiger partial charge in [0, 0.05) is 38.6 Å². The molecule has 1 aromatic rings. The molecule has 1 amide bonds. The maximum atomic E-state index is 12.3. The van der Waals surface area contributed by atoms with Gasteiger partial charge in [-0.2, -0.15) is 0 Å².